The van der Waals surface area contributed by atoms with Crippen LogP contribution in [0.4, 0.5) is 0 Å². The van der Waals surface area contributed by atoms with Gasteiger partial charge in [0, 0.05) is 68.6 Å². The van der Waals surface area contributed by atoms with Gasteiger partial charge < -0.3 is 4.57 Å². The van der Waals surface area contributed by atoms with Crippen LogP contribution in [-0.2, 0) is 0 Å². The fourth-order valence-electron chi connectivity index (χ4n) is 8.28. The van der Waals surface area contributed by atoms with E-state index in [2.05, 4.69) is 114 Å². The molecule has 0 saturated heterocycles. The van der Waals surface area contributed by atoms with E-state index in [-0.39, 0.29) is 23.5 Å². The van der Waals surface area contributed by atoms with Gasteiger partial charge >= 0.3 is 0 Å². The number of thiophene rings is 2. The van der Waals surface area contributed by atoms with Crippen LogP contribution in [0.5, 0.6) is 0 Å². The van der Waals surface area contributed by atoms with Crippen LogP contribution in [0.25, 0.3) is 112 Å². The van der Waals surface area contributed by atoms with Gasteiger partial charge in [-0.2, -0.15) is 0 Å². The highest BCUT2D eigenvalue weighted by atomic mass is 32.1. The minimum Gasteiger partial charge on any atom is -0.309 e. The van der Waals surface area contributed by atoms with Crippen molar-refractivity contribution in [3.63, 3.8) is 0 Å². The summed E-state index contributed by atoms with van der Waals surface area (Å²) in [6.45, 7) is 0. The summed E-state index contributed by atoms with van der Waals surface area (Å²) in [6, 6.07) is 45.1. The van der Waals surface area contributed by atoms with Crippen molar-refractivity contribution in [3.05, 3.63) is 164 Å². The maximum atomic E-state index is 8.75. The number of aromatic nitrogens is 3. The van der Waals surface area contributed by atoms with E-state index in [9.17, 15) is 0 Å². The number of hydrogen-bond acceptors (Lipinski definition) is 4. The van der Waals surface area contributed by atoms with Crippen molar-refractivity contribution in [2.24, 2.45) is 0 Å². The summed E-state index contributed by atoms with van der Waals surface area (Å²) in [5.74, 6) is 0.0974. The third-order valence-electron chi connectivity index (χ3n) is 10.5. The molecule has 0 aliphatic heterocycles. The lowest BCUT2D eigenvalue weighted by molar-refractivity contribution is 1.18. The predicted molar refractivity (Wildman–Crippen MR) is 228 cm³/mol. The fraction of sp³-hybridized carbons (Fsp3) is 0. The van der Waals surface area contributed by atoms with E-state index < -0.39 is 18.1 Å². The normalized spacial score (nSPS) is 13.5. The molecule has 0 aliphatic rings. The Hall–Kier alpha value is -6.40. The van der Waals surface area contributed by atoms with Crippen molar-refractivity contribution in [1.82, 2.24) is 14.5 Å². The zero-order valence-electron chi connectivity index (χ0n) is 32.9. The summed E-state index contributed by atoms with van der Waals surface area (Å²) in [6.07, 6.45) is 0. The highest BCUT2D eigenvalue weighted by Crippen LogP contribution is 2.47. The third kappa shape index (κ3) is 4.15. The van der Waals surface area contributed by atoms with Crippen molar-refractivity contribution >= 4 is 106 Å². The number of rotatable bonds is 3. The molecule has 5 heteroatoms. The molecule has 0 fully saturated rings. The zero-order chi connectivity index (χ0) is 39.0. The maximum Gasteiger partial charge on any atom is 0.160 e. The molecule has 0 bridgehead atoms. The van der Waals surface area contributed by atoms with Crippen LogP contribution in [0.3, 0.4) is 0 Å². The van der Waals surface area contributed by atoms with Crippen LogP contribution in [0.1, 0.15) is 6.85 Å². The highest BCUT2D eigenvalue weighted by Gasteiger charge is 2.22. The summed E-state index contributed by atoms with van der Waals surface area (Å²) in [4.78, 5) is 9.91. The van der Waals surface area contributed by atoms with Crippen LogP contribution in [0.15, 0.2) is 164 Å². The SMILES string of the molecule is [2H]c1c([2H])c([2H])c(-c2nc(-c3ccc(-n4c5ccccc5c5c6ccccc6c6c(ccc7sc8ccccc8c76)c54)cc3)c3sc4ccccc4c3n2)c([2H])c1[2H]. The Kier molecular flexibility index (Phi) is 5.16. The van der Waals surface area contributed by atoms with Gasteiger partial charge in [0.1, 0.15) is 0 Å². The molecule has 0 N–H and O–H groups in total. The summed E-state index contributed by atoms with van der Waals surface area (Å²) in [7, 11) is 0. The van der Waals surface area contributed by atoms with E-state index in [1.54, 1.807) is 11.3 Å². The van der Waals surface area contributed by atoms with Crippen molar-refractivity contribution in [2.45, 2.75) is 0 Å². The Morgan fingerprint density at radius 2 is 1.13 bits per heavy atom. The third-order valence-corrected chi connectivity index (χ3v) is 12.8. The summed E-state index contributed by atoms with van der Waals surface area (Å²) < 4.78 is 49.3. The molecular formula is C48H27N3S2. The molecule has 0 radical (unpaired) electrons. The Morgan fingerprint density at radius 3 is 1.92 bits per heavy atom. The van der Waals surface area contributed by atoms with Crippen LogP contribution in [-0.4, -0.2) is 14.5 Å². The molecule has 8 aromatic carbocycles. The smallest absolute Gasteiger partial charge is 0.160 e. The highest BCUT2D eigenvalue weighted by molar-refractivity contribution is 7.26. The van der Waals surface area contributed by atoms with E-state index in [0.717, 1.165) is 37.1 Å². The lowest BCUT2D eigenvalue weighted by Gasteiger charge is -2.14. The quantitative estimate of drug-likeness (QED) is 0.171. The second-order valence-electron chi connectivity index (χ2n) is 13.3. The molecule has 53 heavy (non-hydrogen) atoms. The Bertz CT molecular complexity index is 3720. The van der Waals surface area contributed by atoms with Crippen LogP contribution in [0.2, 0.25) is 0 Å². The van der Waals surface area contributed by atoms with Gasteiger partial charge in [-0.1, -0.05) is 127 Å². The van der Waals surface area contributed by atoms with Crippen molar-refractivity contribution in [3.8, 4) is 28.3 Å². The fourth-order valence-corrected chi connectivity index (χ4v) is 10.5. The predicted octanol–water partition coefficient (Wildman–Crippen LogP) is 13.9. The Morgan fingerprint density at radius 1 is 0.472 bits per heavy atom. The van der Waals surface area contributed by atoms with Crippen LogP contribution < -0.4 is 0 Å². The molecule has 4 heterocycles. The van der Waals surface area contributed by atoms with E-state index in [4.69, 9.17) is 16.8 Å². The van der Waals surface area contributed by atoms with Crippen molar-refractivity contribution in [2.75, 3.05) is 0 Å². The van der Waals surface area contributed by atoms with Gasteiger partial charge in [-0.3, -0.25) is 0 Å². The van der Waals surface area contributed by atoms with Gasteiger partial charge in [0.05, 0.1) is 33.8 Å². The first-order valence-corrected chi connectivity index (χ1v) is 19.1. The van der Waals surface area contributed by atoms with E-state index >= 15 is 0 Å². The molecule has 0 saturated carbocycles. The lowest BCUT2D eigenvalue weighted by Crippen LogP contribution is -1.96. The van der Waals surface area contributed by atoms with Gasteiger partial charge in [0.15, 0.2) is 5.82 Å². The zero-order valence-corrected chi connectivity index (χ0v) is 29.5. The van der Waals surface area contributed by atoms with Crippen molar-refractivity contribution < 1.29 is 6.85 Å². The minimum absolute atomic E-state index is 0.0158. The monoisotopic (exact) mass is 714 g/mol. The van der Waals surface area contributed by atoms with Gasteiger partial charge in [0.2, 0.25) is 0 Å². The topological polar surface area (TPSA) is 30.7 Å². The molecule has 3 nitrogen and oxygen atoms in total. The van der Waals surface area contributed by atoms with E-state index in [0.29, 0.717) is 11.2 Å². The second-order valence-corrected chi connectivity index (χ2v) is 15.4. The van der Waals surface area contributed by atoms with Crippen molar-refractivity contribution in [1.29, 1.82) is 0 Å². The average Bonchev–Trinajstić information content (AvgIpc) is 3.95. The van der Waals surface area contributed by atoms with Gasteiger partial charge in [-0.25, -0.2) is 9.97 Å². The number of para-hydroxylation sites is 1. The molecule has 12 aromatic rings. The standard InChI is InChI=1S/C48H27N3S2/c1-2-12-29(13-3-1)48-49-44(47-45(50-48)35-18-8-11-21-39(35)53-47)28-22-24-30(25-23-28)51-37-19-9-6-16-33(37)42-32-15-5-4-14-31(32)41-36(46(42)51)26-27-40-43(41)34-17-7-10-20-38(34)52-40/h1-27H/i1D,2D,3D,12D,13D. The Labute approximate surface area is 318 Å². The van der Waals surface area contributed by atoms with Gasteiger partial charge in [-0.05, 0) is 47.2 Å². The largest absolute Gasteiger partial charge is 0.309 e. The number of fused-ring (bicyclic) bond motifs is 15. The first-order valence-electron chi connectivity index (χ1n) is 19.9. The Balaban J connectivity index is 1.14. The summed E-state index contributed by atoms with van der Waals surface area (Å²) in [5.41, 5.74) is 5.40. The maximum absolute atomic E-state index is 8.75. The molecule has 0 atom stereocenters. The molecule has 0 unspecified atom stereocenters. The number of hydrogen-bond donors (Lipinski definition) is 0. The second kappa shape index (κ2) is 11.1. The molecule has 0 amide bonds. The van der Waals surface area contributed by atoms with Gasteiger partial charge in [0.25, 0.3) is 0 Å². The molecule has 12 rings (SSSR count). The van der Waals surface area contributed by atoms with Crippen LogP contribution in [0, 0.1) is 0 Å². The number of nitrogens with zero attached hydrogens (tertiary/aromatic N) is 3. The van der Waals surface area contributed by atoms with Crippen LogP contribution >= 0.6 is 22.7 Å². The molecule has 4 aromatic heterocycles. The average molecular weight is 715 g/mol. The van der Waals surface area contributed by atoms with Gasteiger partial charge in [-0.15, -0.1) is 22.7 Å². The molecule has 0 aliphatic carbocycles. The van der Waals surface area contributed by atoms with E-state index in [1.165, 1.54) is 52.5 Å². The first kappa shape index (κ1) is 24.7. The van der Waals surface area contributed by atoms with E-state index in [1.807, 2.05) is 35.6 Å². The number of benzene rings is 8. The summed E-state index contributed by atoms with van der Waals surface area (Å²) >= 11 is 3.42. The molecule has 246 valence electrons. The summed E-state index contributed by atoms with van der Waals surface area (Å²) in [5, 5.41) is 10.8. The lowest BCUT2D eigenvalue weighted by atomic mass is 9.94. The molecule has 0 spiro atoms. The molecular weight excluding hydrogens is 683 g/mol. The minimum atomic E-state index is -0.449. The first-order chi connectivity index (χ1) is 28.4.